The molecule has 2 aliphatic rings. The minimum atomic E-state index is -3.81. The standard InChI is InChI=1S/C10H19NO6S3/c1-10(4-6-19(14,15)8-10)11(2)20(16,17)9-3-5-18(12,13)7-9/h9H,3-8H2,1-2H3. The maximum absolute atomic E-state index is 12.5. The molecule has 0 aromatic carbocycles. The Kier molecular flexibility index (Phi) is 3.77. The van der Waals surface area contributed by atoms with Crippen LogP contribution in [0.2, 0.25) is 0 Å². The lowest BCUT2D eigenvalue weighted by Gasteiger charge is -2.34. The van der Waals surface area contributed by atoms with Crippen molar-refractivity contribution in [2.75, 3.05) is 30.1 Å². The summed E-state index contributed by atoms with van der Waals surface area (Å²) in [5.41, 5.74) is -0.982. The topological polar surface area (TPSA) is 106 Å². The molecule has 2 saturated heterocycles. The molecule has 0 aromatic rings. The third-order valence-electron chi connectivity index (χ3n) is 4.24. The van der Waals surface area contributed by atoms with Gasteiger partial charge in [-0.15, -0.1) is 0 Å². The molecule has 20 heavy (non-hydrogen) atoms. The van der Waals surface area contributed by atoms with Crippen LogP contribution in [0.1, 0.15) is 19.8 Å². The highest BCUT2D eigenvalue weighted by atomic mass is 32.2. The van der Waals surface area contributed by atoms with Crippen LogP contribution in [0.15, 0.2) is 0 Å². The van der Waals surface area contributed by atoms with E-state index < -0.39 is 40.5 Å². The smallest absolute Gasteiger partial charge is 0.218 e. The van der Waals surface area contributed by atoms with E-state index >= 15 is 0 Å². The first kappa shape index (κ1) is 16.2. The lowest BCUT2D eigenvalue weighted by Crippen LogP contribution is -2.51. The van der Waals surface area contributed by atoms with Crippen molar-refractivity contribution in [1.29, 1.82) is 0 Å². The van der Waals surface area contributed by atoms with Gasteiger partial charge in [-0.05, 0) is 19.8 Å². The van der Waals surface area contributed by atoms with E-state index in [4.69, 9.17) is 0 Å². The molecule has 7 nitrogen and oxygen atoms in total. The van der Waals surface area contributed by atoms with E-state index in [2.05, 4.69) is 0 Å². The fourth-order valence-corrected chi connectivity index (χ4v) is 9.67. The van der Waals surface area contributed by atoms with Crippen LogP contribution in [0.5, 0.6) is 0 Å². The van der Waals surface area contributed by atoms with E-state index in [1.807, 2.05) is 0 Å². The Hall–Kier alpha value is -0.190. The van der Waals surface area contributed by atoms with Crippen molar-refractivity contribution in [3.63, 3.8) is 0 Å². The first-order chi connectivity index (χ1) is 8.88. The molecular weight excluding hydrogens is 326 g/mol. The van der Waals surface area contributed by atoms with Crippen LogP contribution in [0.25, 0.3) is 0 Å². The van der Waals surface area contributed by atoms with Gasteiger partial charge >= 0.3 is 0 Å². The SMILES string of the molecule is CN(C1(C)CCS(=O)(=O)C1)S(=O)(=O)C1CCS(=O)(=O)C1. The first-order valence-corrected chi connectivity index (χ1v) is 11.4. The summed E-state index contributed by atoms with van der Waals surface area (Å²) in [7, 11) is -9.00. The second-order valence-corrected chi connectivity index (χ2v) is 12.5. The van der Waals surface area contributed by atoms with Gasteiger partial charge in [0.25, 0.3) is 0 Å². The molecular formula is C10H19NO6S3. The zero-order valence-electron chi connectivity index (χ0n) is 11.4. The third kappa shape index (κ3) is 2.88. The molecule has 2 aliphatic heterocycles. The first-order valence-electron chi connectivity index (χ1n) is 6.27. The molecule has 0 N–H and O–H groups in total. The van der Waals surface area contributed by atoms with Crippen molar-refractivity contribution in [3.8, 4) is 0 Å². The molecule has 0 aromatic heterocycles. The summed E-state index contributed by atoms with van der Waals surface area (Å²) in [6.45, 7) is 1.60. The number of sulfone groups is 2. The van der Waals surface area contributed by atoms with Crippen LogP contribution in [-0.4, -0.2) is 70.4 Å². The lowest BCUT2D eigenvalue weighted by molar-refractivity contribution is 0.270. The Morgan fingerprint density at radius 1 is 1.10 bits per heavy atom. The Labute approximate surface area is 120 Å². The number of hydrogen-bond acceptors (Lipinski definition) is 6. The molecule has 2 fully saturated rings. The minimum Gasteiger partial charge on any atom is -0.229 e. The van der Waals surface area contributed by atoms with Gasteiger partial charge in [0.15, 0.2) is 19.7 Å². The van der Waals surface area contributed by atoms with Gasteiger partial charge in [-0.1, -0.05) is 0 Å². The maximum atomic E-state index is 12.5. The molecule has 2 unspecified atom stereocenters. The van der Waals surface area contributed by atoms with E-state index in [9.17, 15) is 25.3 Å². The van der Waals surface area contributed by atoms with E-state index in [-0.39, 0.29) is 35.9 Å². The molecule has 0 saturated carbocycles. The average Bonchev–Trinajstić information content (AvgIpc) is 2.79. The van der Waals surface area contributed by atoms with Gasteiger partial charge in [-0.2, -0.15) is 4.31 Å². The molecule has 0 spiro atoms. The number of sulfonamides is 1. The summed E-state index contributed by atoms with van der Waals surface area (Å²) >= 11 is 0. The average molecular weight is 345 g/mol. The summed E-state index contributed by atoms with van der Waals surface area (Å²) in [5, 5.41) is -0.961. The zero-order chi connectivity index (χ0) is 15.4. The predicted octanol–water partition coefficient (Wildman–Crippen LogP) is -0.988. The van der Waals surface area contributed by atoms with Crippen LogP contribution in [0.4, 0.5) is 0 Å². The van der Waals surface area contributed by atoms with Gasteiger partial charge in [-0.25, -0.2) is 25.3 Å². The molecule has 0 amide bonds. The number of rotatable bonds is 3. The lowest BCUT2D eigenvalue weighted by atomic mass is 10.0. The largest absolute Gasteiger partial charge is 0.229 e. The van der Waals surface area contributed by atoms with Crippen LogP contribution >= 0.6 is 0 Å². The minimum absolute atomic E-state index is 0.0354. The van der Waals surface area contributed by atoms with Crippen LogP contribution in [0.3, 0.4) is 0 Å². The molecule has 2 atom stereocenters. The number of hydrogen-bond donors (Lipinski definition) is 0. The molecule has 118 valence electrons. The Morgan fingerprint density at radius 2 is 1.70 bits per heavy atom. The quantitative estimate of drug-likeness (QED) is 0.650. The van der Waals surface area contributed by atoms with Gasteiger partial charge < -0.3 is 0 Å². The Balaban J connectivity index is 2.27. The molecule has 10 heteroatoms. The maximum Gasteiger partial charge on any atom is 0.218 e. The third-order valence-corrected chi connectivity index (χ3v) is 10.6. The van der Waals surface area contributed by atoms with E-state index in [0.717, 1.165) is 4.31 Å². The normalized spacial score (nSPS) is 36.5. The van der Waals surface area contributed by atoms with E-state index in [1.54, 1.807) is 6.92 Å². The summed E-state index contributed by atoms with van der Waals surface area (Å²) in [6, 6.07) is 0. The predicted molar refractivity (Wildman–Crippen MR) is 75.4 cm³/mol. The molecule has 0 bridgehead atoms. The fraction of sp³-hybridized carbons (Fsp3) is 1.00. The van der Waals surface area contributed by atoms with Crippen molar-refractivity contribution in [2.24, 2.45) is 0 Å². The molecule has 0 radical (unpaired) electrons. The van der Waals surface area contributed by atoms with Gasteiger partial charge in [-0.3, -0.25) is 0 Å². The van der Waals surface area contributed by atoms with Crippen molar-refractivity contribution >= 4 is 29.7 Å². The van der Waals surface area contributed by atoms with E-state index in [0.29, 0.717) is 0 Å². The second kappa shape index (κ2) is 4.65. The van der Waals surface area contributed by atoms with Gasteiger partial charge in [0, 0.05) is 12.6 Å². The van der Waals surface area contributed by atoms with Crippen molar-refractivity contribution in [2.45, 2.75) is 30.6 Å². The summed E-state index contributed by atoms with van der Waals surface area (Å²) < 4.78 is 72.1. The Bertz CT molecular complexity index is 708. The molecule has 2 rings (SSSR count). The monoisotopic (exact) mass is 345 g/mol. The van der Waals surface area contributed by atoms with Crippen LogP contribution in [0, 0.1) is 0 Å². The highest BCUT2D eigenvalue weighted by Gasteiger charge is 2.49. The summed E-state index contributed by atoms with van der Waals surface area (Å²) in [4.78, 5) is 0. The summed E-state index contributed by atoms with van der Waals surface area (Å²) in [6.07, 6.45) is 0.322. The summed E-state index contributed by atoms with van der Waals surface area (Å²) in [5.74, 6) is -0.746. The fourth-order valence-electron chi connectivity index (χ4n) is 2.77. The highest BCUT2D eigenvalue weighted by Crippen LogP contribution is 2.33. The van der Waals surface area contributed by atoms with Crippen molar-refractivity contribution in [1.82, 2.24) is 4.31 Å². The molecule has 2 heterocycles. The molecule has 0 aliphatic carbocycles. The van der Waals surface area contributed by atoms with Crippen molar-refractivity contribution < 1.29 is 25.3 Å². The highest BCUT2D eigenvalue weighted by molar-refractivity contribution is 7.95. The zero-order valence-corrected chi connectivity index (χ0v) is 13.9. The van der Waals surface area contributed by atoms with Gasteiger partial charge in [0.2, 0.25) is 10.0 Å². The van der Waals surface area contributed by atoms with Gasteiger partial charge in [0.05, 0.1) is 28.3 Å². The number of nitrogens with zero attached hydrogens (tertiary/aromatic N) is 1. The van der Waals surface area contributed by atoms with Crippen LogP contribution in [-0.2, 0) is 29.7 Å². The van der Waals surface area contributed by atoms with E-state index in [1.165, 1.54) is 7.05 Å². The van der Waals surface area contributed by atoms with Crippen molar-refractivity contribution in [3.05, 3.63) is 0 Å². The van der Waals surface area contributed by atoms with Gasteiger partial charge in [0.1, 0.15) is 0 Å². The van der Waals surface area contributed by atoms with Crippen LogP contribution < -0.4 is 0 Å². The second-order valence-electron chi connectivity index (χ2n) is 5.88. The Morgan fingerprint density at radius 3 is 2.10 bits per heavy atom.